The summed E-state index contributed by atoms with van der Waals surface area (Å²) in [4.78, 5) is 38.3. The van der Waals surface area contributed by atoms with Gasteiger partial charge in [0.25, 0.3) is 0 Å². The lowest BCUT2D eigenvalue weighted by Gasteiger charge is -2.30. The molecule has 2 aromatic carbocycles. The van der Waals surface area contributed by atoms with Gasteiger partial charge in [-0.1, -0.05) is 30.7 Å². The van der Waals surface area contributed by atoms with E-state index in [0.717, 1.165) is 16.9 Å². The van der Waals surface area contributed by atoms with Crippen LogP contribution in [0.3, 0.4) is 0 Å². The normalized spacial score (nSPS) is 17.0. The molecule has 2 aromatic rings. The Hall–Kier alpha value is -2.86. The molecule has 1 saturated heterocycles. The van der Waals surface area contributed by atoms with Crippen LogP contribution in [-0.4, -0.2) is 24.4 Å². The lowest BCUT2D eigenvalue weighted by atomic mass is 10.0. The van der Waals surface area contributed by atoms with Crippen molar-refractivity contribution in [1.82, 2.24) is 5.32 Å². The second-order valence-electron chi connectivity index (χ2n) is 5.93. The second-order valence-corrected chi connectivity index (χ2v) is 6.36. The van der Waals surface area contributed by atoms with Crippen LogP contribution in [0.15, 0.2) is 48.5 Å². The van der Waals surface area contributed by atoms with Crippen molar-refractivity contribution in [3.63, 3.8) is 0 Å². The van der Waals surface area contributed by atoms with E-state index in [-0.39, 0.29) is 6.54 Å². The first kappa shape index (κ1) is 17.9. The molecule has 0 spiro atoms. The summed E-state index contributed by atoms with van der Waals surface area (Å²) in [5.74, 6) is -2.04. The summed E-state index contributed by atoms with van der Waals surface area (Å²) in [6.45, 7) is 2.00. The smallest absolute Gasteiger partial charge is 0.328 e. The summed E-state index contributed by atoms with van der Waals surface area (Å²) in [7, 11) is 0. The molecule has 2 N–H and O–H groups in total. The number of rotatable bonds is 4. The molecule has 1 heterocycles. The molecule has 0 aliphatic carbocycles. The highest BCUT2D eigenvalue weighted by molar-refractivity contribution is 6.30. The molecule has 1 fully saturated rings. The van der Waals surface area contributed by atoms with Crippen LogP contribution < -0.4 is 15.5 Å². The Labute approximate surface area is 156 Å². The highest BCUT2D eigenvalue weighted by atomic mass is 35.5. The highest BCUT2D eigenvalue weighted by Crippen LogP contribution is 2.23. The predicted molar refractivity (Wildman–Crippen MR) is 100 cm³/mol. The van der Waals surface area contributed by atoms with Crippen LogP contribution in [0.25, 0.3) is 0 Å². The van der Waals surface area contributed by atoms with Gasteiger partial charge in [0.1, 0.15) is 5.92 Å². The molecule has 6 nitrogen and oxygen atoms in total. The van der Waals surface area contributed by atoms with Crippen LogP contribution in [0.1, 0.15) is 12.5 Å². The van der Waals surface area contributed by atoms with Gasteiger partial charge in [-0.2, -0.15) is 0 Å². The van der Waals surface area contributed by atoms with E-state index in [9.17, 15) is 14.4 Å². The van der Waals surface area contributed by atoms with E-state index in [1.807, 2.05) is 19.1 Å². The third-order valence-electron chi connectivity index (χ3n) is 4.21. The van der Waals surface area contributed by atoms with Gasteiger partial charge in [0.05, 0.1) is 5.69 Å². The molecule has 1 aliphatic rings. The van der Waals surface area contributed by atoms with Crippen LogP contribution in [0, 0.1) is 5.92 Å². The van der Waals surface area contributed by atoms with Crippen molar-refractivity contribution in [2.75, 3.05) is 16.8 Å². The molecule has 0 aromatic heterocycles. The Kier molecular flexibility index (Phi) is 5.23. The number of carbonyl (C=O) groups is 3. The molecule has 1 unspecified atom stereocenters. The summed E-state index contributed by atoms with van der Waals surface area (Å²) in [5, 5.41) is 5.80. The first-order valence-electron chi connectivity index (χ1n) is 8.26. The fraction of sp³-hybridized carbons (Fsp3) is 0.211. The summed E-state index contributed by atoms with van der Waals surface area (Å²) in [6.07, 6.45) is 0.900. The zero-order valence-electron chi connectivity index (χ0n) is 14.2. The van der Waals surface area contributed by atoms with Gasteiger partial charge in [-0.3, -0.25) is 9.59 Å². The van der Waals surface area contributed by atoms with Crippen molar-refractivity contribution in [2.24, 2.45) is 5.92 Å². The predicted octanol–water partition coefficient (Wildman–Crippen LogP) is 3.21. The van der Waals surface area contributed by atoms with Gasteiger partial charge in [-0.15, -0.1) is 0 Å². The van der Waals surface area contributed by atoms with Gasteiger partial charge >= 0.3 is 6.03 Å². The zero-order valence-corrected chi connectivity index (χ0v) is 14.9. The van der Waals surface area contributed by atoms with Crippen molar-refractivity contribution < 1.29 is 14.4 Å². The van der Waals surface area contributed by atoms with Crippen molar-refractivity contribution >= 4 is 40.8 Å². The number of amides is 4. The molecule has 3 rings (SSSR count). The van der Waals surface area contributed by atoms with Crippen LogP contribution >= 0.6 is 11.6 Å². The van der Waals surface area contributed by atoms with Gasteiger partial charge in [0.2, 0.25) is 11.8 Å². The number of aryl methyl sites for hydroxylation is 1. The Balaban J connectivity index is 1.76. The number of carbonyl (C=O) groups excluding carboxylic acids is 3. The minimum absolute atomic E-state index is 0.0410. The summed E-state index contributed by atoms with van der Waals surface area (Å²) in [6, 6.07) is 13.1. The lowest BCUT2D eigenvalue weighted by molar-refractivity contribution is -0.130. The molecule has 26 heavy (non-hydrogen) atoms. The molecule has 1 atom stereocenters. The van der Waals surface area contributed by atoms with E-state index in [1.54, 1.807) is 36.4 Å². The van der Waals surface area contributed by atoms with Crippen LogP contribution in [-0.2, 0) is 16.0 Å². The number of urea groups is 1. The van der Waals surface area contributed by atoms with Gasteiger partial charge in [0.15, 0.2) is 0 Å². The average Bonchev–Trinajstić information content (AvgIpc) is 2.64. The number of imide groups is 1. The topological polar surface area (TPSA) is 78.5 Å². The number of hydrogen-bond acceptors (Lipinski definition) is 3. The Morgan fingerprint density at radius 3 is 2.42 bits per heavy atom. The van der Waals surface area contributed by atoms with Gasteiger partial charge in [-0.05, 0) is 48.4 Å². The van der Waals surface area contributed by atoms with E-state index in [4.69, 9.17) is 11.6 Å². The molecule has 4 amide bonds. The van der Waals surface area contributed by atoms with Crippen molar-refractivity contribution in [3.05, 3.63) is 59.1 Å². The fourth-order valence-electron chi connectivity index (χ4n) is 2.70. The summed E-state index contributed by atoms with van der Waals surface area (Å²) < 4.78 is 0. The summed E-state index contributed by atoms with van der Waals surface area (Å²) in [5.41, 5.74) is 2.12. The minimum atomic E-state index is -1.01. The van der Waals surface area contributed by atoms with E-state index < -0.39 is 23.8 Å². The first-order valence-corrected chi connectivity index (χ1v) is 8.64. The van der Waals surface area contributed by atoms with E-state index >= 15 is 0 Å². The van der Waals surface area contributed by atoms with E-state index in [0.29, 0.717) is 16.4 Å². The monoisotopic (exact) mass is 371 g/mol. The Morgan fingerprint density at radius 1 is 1.15 bits per heavy atom. The maximum atomic E-state index is 12.7. The third kappa shape index (κ3) is 3.70. The number of hydrogen-bond donors (Lipinski definition) is 2. The number of halogens is 1. The van der Waals surface area contributed by atoms with Gasteiger partial charge < -0.3 is 10.6 Å². The van der Waals surface area contributed by atoms with Crippen molar-refractivity contribution in [2.45, 2.75) is 13.3 Å². The maximum Gasteiger partial charge on any atom is 0.328 e. The molecular weight excluding hydrogens is 354 g/mol. The molecule has 7 heteroatoms. The molecule has 0 bridgehead atoms. The third-order valence-corrected chi connectivity index (χ3v) is 4.46. The van der Waals surface area contributed by atoms with Crippen LogP contribution in [0.5, 0.6) is 0 Å². The quantitative estimate of drug-likeness (QED) is 0.810. The fourth-order valence-corrected chi connectivity index (χ4v) is 2.83. The van der Waals surface area contributed by atoms with Crippen molar-refractivity contribution in [1.29, 1.82) is 0 Å². The minimum Gasteiger partial charge on any atom is -0.336 e. The van der Waals surface area contributed by atoms with Crippen LogP contribution in [0.4, 0.5) is 16.2 Å². The second kappa shape index (κ2) is 7.58. The van der Waals surface area contributed by atoms with Gasteiger partial charge in [0, 0.05) is 17.3 Å². The standard InChI is InChI=1S/C19H18ClN3O3/c1-2-12-3-7-14(8-4-12)22-17(24)16-11-21-19(26)23(18(16)25)15-9-5-13(20)6-10-15/h3-10,16H,2,11H2,1H3,(H,21,26)(H,22,24). The lowest BCUT2D eigenvalue weighted by Crippen LogP contribution is -2.58. The molecule has 0 radical (unpaired) electrons. The Morgan fingerprint density at radius 2 is 1.81 bits per heavy atom. The maximum absolute atomic E-state index is 12.7. The number of benzene rings is 2. The van der Waals surface area contributed by atoms with E-state index in [2.05, 4.69) is 10.6 Å². The highest BCUT2D eigenvalue weighted by Gasteiger charge is 2.39. The molecule has 1 aliphatic heterocycles. The number of anilines is 2. The van der Waals surface area contributed by atoms with E-state index in [1.165, 1.54) is 0 Å². The van der Waals surface area contributed by atoms with Crippen molar-refractivity contribution in [3.8, 4) is 0 Å². The first-order chi connectivity index (χ1) is 12.5. The number of nitrogens with one attached hydrogen (secondary N) is 2. The molecular formula is C19H18ClN3O3. The van der Waals surface area contributed by atoms with Gasteiger partial charge in [-0.25, -0.2) is 9.69 Å². The summed E-state index contributed by atoms with van der Waals surface area (Å²) >= 11 is 5.85. The molecule has 0 saturated carbocycles. The Bertz CT molecular complexity index is 834. The SMILES string of the molecule is CCc1ccc(NC(=O)C2CNC(=O)N(c3ccc(Cl)cc3)C2=O)cc1. The number of nitrogens with zero attached hydrogens (tertiary/aromatic N) is 1. The van der Waals surface area contributed by atoms with Crippen LogP contribution in [0.2, 0.25) is 5.02 Å². The average molecular weight is 372 g/mol. The largest absolute Gasteiger partial charge is 0.336 e. The molecule has 134 valence electrons. The zero-order chi connectivity index (χ0) is 18.7.